The molecule has 0 aromatic heterocycles. The Balaban J connectivity index is 0.00000161. The summed E-state index contributed by atoms with van der Waals surface area (Å²) >= 11 is -4.09. The van der Waals surface area contributed by atoms with Crippen LogP contribution in [0.15, 0.2) is 114 Å². The number of allylic oxidation sites excluding steroid dienone is 2. The molecular weight excluding hydrogens is 623 g/mol. The van der Waals surface area contributed by atoms with E-state index >= 15 is 0 Å². The maximum absolute atomic E-state index is 4.09. The Morgan fingerprint density at radius 1 is 0.575 bits per heavy atom. The van der Waals surface area contributed by atoms with Gasteiger partial charge in [-0.05, 0) is 0 Å². The zero-order valence-electron chi connectivity index (χ0n) is 23.4. The van der Waals surface area contributed by atoms with Gasteiger partial charge in [-0.1, -0.05) is 0 Å². The van der Waals surface area contributed by atoms with Crippen molar-refractivity contribution in [3.8, 4) is 0 Å². The van der Waals surface area contributed by atoms with E-state index in [1.54, 1.807) is 25.5 Å². The molecule has 2 unspecified atom stereocenters. The summed E-state index contributed by atoms with van der Waals surface area (Å²) in [6, 6.07) is 39.3. The van der Waals surface area contributed by atoms with Gasteiger partial charge in [-0.15, -0.1) is 24.8 Å². The maximum atomic E-state index is 2.53. The topological polar surface area (TPSA) is 0 Å². The first-order chi connectivity index (χ1) is 18.4. The van der Waals surface area contributed by atoms with Crippen molar-refractivity contribution < 1.29 is 17.4 Å². The van der Waals surface area contributed by atoms with Crippen LogP contribution in [-0.2, 0) is 17.4 Å². The van der Waals surface area contributed by atoms with Crippen molar-refractivity contribution in [3.63, 3.8) is 0 Å². The predicted molar refractivity (Wildman–Crippen MR) is 180 cm³/mol. The minimum atomic E-state index is -4.09. The van der Waals surface area contributed by atoms with Gasteiger partial charge in [0.05, 0.1) is 0 Å². The Kier molecular flexibility index (Phi) is 7.73. The van der Waals surface area contributed by atoms with Crippen LogP contribution in [0.5, 0.6) is 0 Å². The summed E-state index contributed by atoms with van der Waals surface area (Å²) in [6.07, 6.45) is 5.04. The van der Waals surface area contributed by atoms with E-state index in [1.165, 1.54) is 36.8 Å². The van der Waals surface area contributed by atoms with E-state index in [2.05, 4.69) is 143 Å². The number of hydrogen-bond acceptors (Lipinski definition) is 0. The van der Waals surface area contributed by atoms with E-state index < -0.39 is 17.4 Å². The molecule has 2 aliphatic rings. The van der Waals surface area contributed by atoms with Crippen LogP contribution in [0.3, 0.4) is 0 Å². The molecule has 2 atom stereocenters. The summed E-state index contributed by atoms with van der Waals surface area (Å²) in [4.78, 5) is 0. The zero-order valence-corrected chi connectivity index (χ0v) is 28.9. The third kappa shape index (κ3) is 3.87. The molecule has 0 fully saturated rings. The van der Waals surface area contributed by atoms with E-state index in [1.807, 2.05) is 0 Å². The summed E-state index contributed by atoms with van der Waals surface area (Å²) in [7, 11) is 0. The fraction of sp³-hybridized carbons (Fsp3) is 0.167. The number of halogens is 2. The normalized spacial score (nSPS) is 17.9. The molecule has 0 N–H and O–H groups in total. The van der Waals surface area contributed by atoms with Crippen LogP contribution in [0.2, 0.25) is 4.13 Å². The summed E-state index contributed by atoms with van der Waals surface area (Å²) < 4.78 is 3.80. The summed E-state index contributed by atoms with van der Waals surface area (Å²) in [5, 5.41) is 5.61. The summed E-state index contributed by atoms with van der Waals surface area (Å²) in [5.74, 6) is 0. The van der Waals surface area contributed by atoms with Crippen molar-refractivity contribution in [2.45, 2.75) is 32.2 Å². The van der Waals surface area contributed by atoms with E-state index in [9.17, 15) is 0 Å². The fourth-order valence-corrected chi connectivity index (χ4v) is 35.2. The van der Waals surface area contributed by atoms with Gasteiger partial charge in [0.1, 0.15) is 0 Å². The van der Waals surface area contributed by atoms with Crippen molar-refractivity contribution in [2.75, 3.05) is 0 Å². The van der Waals surface area contributed by atoms with Gasteiger partial charge in [0.2, 0.25) is 0 Å². The SMILES string of the molecule is C[CH2][Zr](=[SiH2])([c]1ccccc1)([CH]1C(C)=Cc2ccc3ccccc3c21)[CH]1C(C)=Cc2ccc3ccccc3c21.Cl.Cl. The number of benzene rings is 5. The molecule has 0 bridgehead atoms. The second kappa shape index (κ2) is 10.6. The first-order valence-corrected chi connectivity index (χ1v) is 25.7. The molecule has 7 rings (SSSR count). The molecule has 0 spiro atoms. The van der Waals surface area contributed by atoms with Crippen LogP contribution in [-0.4, -0.2) is 6.88 Å². The summed E-state index contributed by atoms with van der Waals surface area (Å²) in [5.41, 5.74) is 9.16. The quantitative estimate of drug-likeness (QED) is 0.169. The monoisotopic (exact) mass is 656 g/mol. The van der Waals surface area contributed by atoms with Crippen LogP contribution in [0.4, 0.5) is 0 Å². The molecule has 40 heavy (non-hydrogen) atoms. The van der Waals surface area contributed by atoms with Crippen molar-refractivity contribution in [1.29, 1.82) is 0 Å². The van der Waals surface area contributed by atoms with Gasteiger partial charge in [-0.3, -0.25) is 0 Å². The van der Waals surface area contributed by atoms with Gasteiger partial charge in [0.15, 0.2) is 0 Å². The van der Waals surface area contributed by atoms with Crippen molar-refractivity contribution in [1.82, 2.24) is 0 Å². The number of hydrogen-bond donors (Lipinski definition) is 0. The van der Waals surface area contributed by atoms with Gasteiger partial charge >= 0.3 is 230 Å². The van der Waals surface area contributed by atoms with Gasteiger partial charge in [0, 0.05) is 0 Å². The van der Waals surface area contributed by atoms with Crippen LogP contribution in [0.1, 0.15) is 50.3 Å². The van der Waals surface area contributed by atoms with Crippen molar-refractivity contribution in [2.24, 2.45) is 0 Å². The Morgan fingerprint density at radius 2 is 1.00 bits per heavy atom. The van der Waals surface area contributed by atoms with Crippen molar-refractivity contribution in [3.05, 3.63) is 137 Å². The van der Waals surface area contributed by atoms with E-state index in [0.29, 0.717) is 7.25 Å². The first kappa shape index (κ1) is 29.3. The third-order valence-corrected chi connectivity index (χ3v) is 39.6. The molecule has 5 aromatic carbocycles. The minimum absolute atomic E-state index is 0. The molecule has 202 valence electrons. The van der Waals surface area contributed by atoms with Crippen LogP contribution >= 0.6 is 24.8 Å². The first-order valence-electron chi connectivity index (χ1n) is 13.9. The number of rotatable bonds is 4. The largest absolute Gasteiger partial charge is 0.147 e. The predicted octanol–water partition coefficient (Wildman–Crippen LogP) is 9.45. The Hall–Kier alpha value is -2.22. The second-order valence-electron chi connectivity index (χ2n) is 11.8. The van der Waals surface area contributed by atoms with E-state index in [-0.39, 0.29) is 24.8 Å². The third-order valence-electron chi connectivity index (χ3n) is 10.1. The van der Waals surface area contributed by atoms with Gasteiger partial charge in [-0.25, -0.2) is 0 Å². The molecule has 0 aliphatic heterocycles. The number of fused-ring (bicyclic) bond motifs is 6. The summed E-state index contributed by atoms with van der Waals surface area (Å²) in [6.45, 7) is 9.88. The van der Waals surface area contributed by atoms with Gasteiger partial charge in [0.25, 0.3) is 0 Å². The minimum Gasteiger partial charge on any atom is -0.147 e. The van der Waals surface area contributed by atoms with Crippen molar-refractivity contribution >= 4 is 68.7 Å². The molecule has 0 saturated carbocycles. The second-order valence-corrected chi connectivity index (χ2v) is 36.9. The van der Waals surface area contributed by atoms with Crippen LogP contribution in [0, 0.1) is 0 Å². The van der Waals surface area contributed by atoms with Gasteiger partial charge < -0.3 is 0 Å². The Morgan fingerprint density at radius 3 is 1.45 bits per heavy atom. The van der Waals surface area contributed by atoms with E-state index in [4.69, 9.17) is 0 Å². The Labute approximate surface area is 252 Å². The molecule has 0 amide bonds. The zero-order chi connectivity index (χ0) is 26.1. The van der Waals surface area contributed by atoms with Crippen LogP contribution < -0.4 is 3.27 Å². The van der Waals surface area contributed by atoms with Crippen LogP contribution in [0.25, 0.3) is 33.7 Å². The standard InChI is InChI=1S/2C14H11.C6H5.C2H5.2ClH.H2Si.Zr/c2*1-10-8-12-7-6-11-4-2-3-5-13(11)14(12)9-10;1-2-4-6-5-3-1;1-2;;;;/h2*2-9H,1H3;1-5H;1H2,2H3;2*1H;1H2;. The molecular formula is C36H36Cl2SiZr. The molecule has 4 heteroatoms. The fourth-order valence-electron chi connectivity index (χ4n) is 8.47. The average Bonchev–Trinajstić information content (AvgIpc) is 3.50. The molecule has 0 heterocycles. The average molecular weight is 659 g/mol. The smallest absolute Gasteiger partial charge is 0.147 e. The maximum Gasteiger partial charge on any atom is -0.147 e. The molecule has 0 nitrogen and oxygen atoms in total. The molecule has 5 aromatic rings. The van der Waals surface area contributed by atoms with E-state index in [0.717, 1.165) is 0 Å². The van der Waals surface area contributed by atoms with Gasteiger partial charge in [-0.2, -0.15) is 0 Å². The molecule has 0 saturated heterocycles. The molecule has 0 radical (unpaired) electrons. The Bertz CT molecular complexity index is 1790. The molecule has 2 aliphatic carbocycles.